The molecule has 1 atom stereocenters. The number of ketones is 1. The van der Waals surface area contributed by atoms with Crippen molar-refractivity contribution in [2.75, 3.05) is 6.61 Å². The Balaban J connectivity index is 2.22. The summed E-state index contributed by atoms with van der Waals surface area (Å²) in [5.74, 6) is -0.390. The zero-order valence-corrected chi connectivity index (χ0v) is 16.4. The van der Waals surface area contributed by atoms with Crippen molar-refractivity contribution in [1.29, 1.82) is 0 Å². The van der Waals surface area contributed by atoms with Gasteiger partial charge in [-0.2, -0.15) is 0 Å². The van der Waals surface area contributed by atoms with Crippen LogP contribution in [0.15, 0.2) is 10.5 Å². The molecule has 1 aromatic heterocycles. The number of halogens is 3. The molecule has 0 N–H and O–H groups in total. The van der Waals surface area contributed by atoms with Gasteiger partial charge >= 0.3 is 5.97 Å². The summed E-state index contributed by atoms with van der Waals surface area (Å²) in [7, 11) is 1.89. The molecule has 4 nitrogen and oxygen atoms in total. The molecule has 0 radical (unpaired) electrons. The number of esters is 1. The number of aryl methyl sites for hydroxylation is 1. The fourth-order valence-corrected chi connectivity index (χ4v) is 4.83. The lowest BCUT2D eigenvalue weighted by Gasteiger charge is -2.23. The van der Waals surface area contributed by atoms with E-state index in [2.05, 4.69) is 15.9 Å². The highest BCUT2D eigenvalue weighted by molar-refractivity contribution is 9.10. The van der Waals surface area contributed by atoms with Crippen molar-refractivity contribution in [2.45, 2.75) is 32.1 Å². The average molecular weight is 433 g/mol. The first-order valence-electron chi connectivity index (χ1n) is 7.67. The molecular weight excluding hydrogens is 417 g/mol. The molecule has 0 fully saturated rings. The summed E-state index contributed by atoms with van der Waals surface area (Å²) >= 11 is 16.1. The molecule has 1 heterocycles. The van der Waals surface area contributed by atoms with E-state index in [4.69, 9.17) is 27.9 Å². The first-order chi connectivity index (χ1) is 11.3. The SMILES string of the molecule is CCOC(=O)CC1CC(=O)Cc2c1n(C)c1c(Cl)c(Cl)cc(Br)c21. The van der Waals surface area contributed by atoms with Gasteiger partial charge in [0.05, 0.1) is 28.6 Å². The van der Waals surface area contributed by atoms with Crippen LogP contribution in [0.4, 0.5) is 0 Å². The fourth-order valence-electron chi connectivity index (χ4n) is 3.57. The normalized spacial score (nSPS) is 17.2. The molecule has 0 aliphatic heterocycles. The van der Waals surface area contributed by atoms with Gasteiger partial charge in [0, 0.05) is 41.4 Å². The number of carbonyl (C=O) groups excluding carboxylic acids is 2. The molecule has 0 saturated carbocycles. The van der Waals surface area contributed by atoms with Crippen molar-refractivity contribution in [3.63, 3.8) is 0 Å². The number of aromatic nitrogens is 1. The maximum absolute atomic E-state index is 12.3. The van der Waals surface area contributed by atoms with Crippen LogP contribution >= 0.6 is 39.1 Å². The Kier molecular flexibility index (Phi) is 4.96. The van der Waals surface area contributed by atoms with E-state index in [0.29, 0.717) is 29.5 Å². The van der Waals surface area contributed by atoms with E-state index < -0.39 is 0 Å². The molecule has 0 saturated heterocycles. The summed E-state index contributed by atoms with van der Waals surface area (Å²) in [6.07, 6.45) is 0.848. The molecular formula is C17H16BrCl2NO3. The van der Waals surface area contributed by atoms with E-state index in [1.54, 1.807) is 13.0 Å². The van der Waals surface area contributed by atoms with Crippen LogP contribution in [-0.4, -0.2) is 22.9 Å². The van der Waals surface area contributed by atoms with Gasteiger partial charge in [0.2, 0.25) is 0 Å². The Bertz CT molecular complexity index is 860. The van der Waals surface area contributed by atoms with Gasteiger partial charge in [0.25, 0.3) is 0 Å². The number of hydrogen-bond donors (Lipinski definition) is 0. The third-order valence-electron chi connectivity index (χ3n) is 4.41. The highest BCUT2D eigenvalue weighted by Gasteiger charge is 2.34. The Morgan fingerprint density at radius 1 is 1.46 bits per heavy atom. The molecule has 2 aromatic rings. The highest BCUT2D eigenvalue weighted by atomic mass is 79.9. The second kappa shape index (κ2) is 6.70. The number of benzene rings is 1. The lowest BCUT2D eigenvalue weighted by molar-refractivity contribution is -0.143. The van der Waals surface area contributed by atoms with Crippen molar-refractivity contribution < 1.29 is 14.3 Å². The number of carbonyl (C=O) groups is 2. The number of nitrogens with zero attached hydrogens (tertiary/aromatic N) is 1. The molecule has 128 valence electrons. The molecule has 1 aliphatic carbocycles. The zero-order valence-electron chi connectivity index (χ0n) is 13.3. The number of rotatable bonds is 3. The minimum absolute atomic E-state index is 0.113. The summed E-state index contributed by atoms with van der Waals surface area (Å²) in [4.78, 5) is 24.2. The van der Waals surface area contributed by atoms with Gasteiger partial charge in [-0.05, 0) is 18.6 Å². The Morgan fingerprint density at radius 2 is 2.17 bits per heavy atom. The first-order valence-corrected chi connectivity index (χ1v) is 9.22. The van der Waals surface area contributed by atoms with E-state index in [-0.39, 0.29) is 24.1 Å². The Morgan fingerprint density at radius 3 is 2.83 bits per heavy atom. The number of hydrogen-bond acceptors (Lipinski definition) is 3. The van der Waals surface area contributed by atoms with Gasteiger partial charge in [-0.25, -0.2) is 0 Å². The third-order valence-corrected chi connectivity index (χ3v) is 5.81. The summed E-state index contributed by atoms with van der Waals surface area (Å²) in [6, 6.07) is 1.74. The topological polar surface area (TPSA) is 48.3 Å². The van der Waals surface area contributed by atoms with Gasteiger partial charge in [-0.15, -0.1) is 0 Å². The van der Waals surface area contributed by atoms with Crippen LogP contribution in [0, 0.1) is 0 Å². The highest BCUT2D eigenvalue weighted by Crippen LogP contribution is 2.45. The van der Waals surface area contributed by atoms with E-state index in [0.717, 1.165) is 26.6 Å². The van der Waals surface area contributed by atoms with Crippen molar-refractivity contribution >= 4 is 61.8 Å². The van der Waals surface area contributed by atoms with Gasteiger partial charge in [0.1, 0.15) is 5.78 Å². The van der Waals surface area contributed by atoms with Gasteiger partial charge in [-0.3, -0.25) is 9.59 Å². The Labute approximate surface area is 158 Å². The second-order valence-electron chi connectivity index (χ2n) is 5.93. The van der Waals surface area contributed by atoms with E-state index in [1.807, 2.05) is 11.6 Å². The molecule has 0 amide bonds. The number of Topliss-reactive ketones (excluding diaryl/α,β-unsaturated/α-hetero) is 1. The number of ether oxygens (including phenoxy) is 1. The molecule has 1 aromatic carbocycles. The van der Waals surface area contributed by atoms with Crippen molar-refractivity contribution in [2.24, 2.45) is 7.05 Å². The Hall–Kier alpha value is -1.04. The van der Waals surface area contributed by atoms with E-state index in [1.165, 1.54) is 0 Å². The van der Waals surface area contributed by atoms with Crippen LogP contribution in [0.3, 0.4) is 0 Å². The minimum Gasteiger partial charge on any atom is -0.466 e. The van der Waals surface area contributed by atoms with Gasteiger partial charge in [-0.1, -0.05) is 39.1 Å². The predicted octanol–water partition coefficient (Wildman–Crippen LogP) is 4.80. The van der Waals surface area contributed by atoms with Gasteiger partial charge in [0.15, 0.2) is 0 Å². The fraction of sp³-hybridized carbons (Fsp3) is 0.412. The summed E-state index contributed by atoms with van der Waals surface area (Å²) < 4.78 is 7.82. The van der Waals surface area contributed by atoms with Crippen LogP contribution in [-0.2, 0) is 27.8 Å². The predicted molar refractivity (Wildman–Crippen MR) is 98.0 cm³/mol. The number of fused-ring (bicyclic) bond motifs is 3. The van der Waals surface area contributed by atoms with Crippen LogP contribution in [0.2, 0.25) is 10.0 Å². The summed E-state index contributed by atoms with van der Waals surface area (Å²) in [5.41, 5.74) is 2.66. The van der Waals surface area contributed by atoms with Crippen LogP contribution in [0.5, 0.6) is 0 Å². The largest absolute Gasteiger partial charge is 0.466 e. The maximum atomic E-state index is 12.3. The molecule has 0 spiro atoms. The minimum atomic E-state index is -0.295. The zero-order chi connectivity index (χ0) is 17.6. The van der Waals surface area contributed by atoms with Crippen LogP contribution in [0.1, 0.15) is 36.9 Å². The van der Waals surface area contributed by atoms with Gasteiger partial charge < -0.3 is 9.30 Å². The molecule has 7 heteroatoms. The molecule has 1 unspecified atom stereocenters. The molecule has 24 heavy (non-hydrogen) atoms. The van der Waals surface area contributed by atoms with Crippen LogP contribution < -0.4 is 0 Å². The lowest BCUT2D eigenvalue weighted by Crippen LogP contribution is -2.22. The smallest absolute Gasteiger partial charge is 0.306 e. The first kappa shape index (κ1) is 17.8. The summed E-state index contributed by atoms with van der Waals surface area (Å²) in [5, 5.41) is 1.79. The third kappa shape index (κ3) is 2.87. The van der Waals surface area contributed by atoms with Crippen molar-refractivity contribution in [1.82, 2.24) is 4.57 Å². The van der Waals surface area contributed by atoms with Crippen molar-refractivity contribution in [3.8, 4) is 0 Å². The van der Waals surface area contributed by atoms with E-state index in [9.17, 15) is 9.59 Å². The second-order valence-corrected chi connectivity index (χ2v) is 7.57. The molecule has 0 bridgehead atoms. The maximum Gasteiger partial charge on any atom is 0.306 e. The van der Waals surface area contributed by atoms with Crippen molar-refractivity contribution in [3.05, 3.63) is 31.8 Å². The summed E-state index contributed by atoms with van der Waals surface area (Å²) in [6.45, 7) is 2.10. The standard InChI is InChI=1S/C17H16BrCl2NO3/c1-3-24-13(23)5-8-4-9(22)6-10-14-11(18)7-12(19)15(20)17(14)21(2)16(8)10/h7-8H,3-6H2,1-2H3. The van der Waals surface area contributed by atoms with E-state index >= 15 is 0 Å². The lowest BCUT2D eigenvalue weighted by atomic mass is 9.84. The molecule has 3 rings (SSSR count). The average Bonchev–Trinajstić information content (AvgIpc) is 2.78. The monoisotopic (exact) mass is 431 g/mol. The van der Waals surface area contributed by atoms with Crippen LogP contribution in [0.25, 0.3) is 10.9 Å². The molecule has 1 aliphatic rings. The quantitative estimate of drug-likeness (QED) is 0.517.